The van der Waals surface area contributed by atoms with Gasteiger partial charge in [-0.15, -0.1) is 0 Å². The lowest BCUT2D eigenvalue weighted by Crippen LogP contribution is -2.34. The van der Waals surface area contributed by atoms with E-state index in [1.165, 1.54) is 42.5 Å². The van der Waals surface area contributed by atoms with Crippen molar-refractivity contribution in [1.29, 1.82) is 0 Å². The molecule has 1 amide bonds. The van der Waals surface area contributed by atoms with Gasteiger partial charge in [-0.2, -0.15) is 0 Å². The van der Waals surface area contributed by atoms with E-state index in [1.807, 2.05) is 0 Å². The number of sulfonamides is 1. The van der Waals surface area contributed by atoms with Crippen LogP contribution in [0.25, 0.3) is 0 Å². The monoisotopic (exact) mass is 509 g/mol. The predicted octanol–water partition coefficient (Wildman–Crippen LogP) is 4.33. The Morgan fingerprint density at radius 1 is 0.969 bits per heavy atom. The number of halogens is 2. The molecule has 0 radical (unpaired) electrons. The summed E-state index contributed by atoms with van der Waals surface area (Å²) in [5, 5.41) is 5.91. The zero-order valence-electron chi connectivity index (χ0n) is 16.8. The summed E-state index contributed by atoms with van der Waals surface area (Å²) in [7, 11) is -3.89. The normalized spacial score (nSPS) is 11.0. The van der Waals surface area contributed by atoms with Crippen LogP contribution in [0.4, 0.5) is 11.6 Å². The van der Waals surface area contributed by atoms with Crippen molar-refractivity contribution in [2.45, 2.75) is 18.7 Å². The van der Waals surface area contributed by atoms with E-state index < -0.39 is 15.9 Å². The van der Waals surface area contributed by atoms with Crippen LogP contribution in [0.15, 0.2) is 53.4 Å². The molecule has 0 atom stereocenters. The number of nitrogens with one attached hydrogen (secondary N) is 3. The van der Waals surface area contributed by atoms with Crippen LogP contribution in [-0.4, -0.2) is 29.4 Å². The molecule has 3 N–H and O–H groups in total. The second-order valence-corrected chi connectivity index (χ2v) is 9.57. The van der Waals surface area contributed by atoms with Gasteiger partial charge in [0.25, 0.3) is 15.9 Å². The van der Waals surface area contributed by atoms with Gasteiger partial charge >= 0.3 is 0 Å². The first kappa shape index (κ1) is 23.9. The minimum atomic E-state index is -3.89. The molecule has 0 aliphatic rings. The minimum absolute atomic E-state index is 0.00514. The second kappa shape index (κ2) is 9.78. The number of carbonyl (C=O) groups is 1. The standard InChI is InChI=1S/C20H17Cl2N5O3S2/c1-11-9-12(2)24-19(23-11)27-32(29,30)15-6-4-14(5-7-15)25-20(31)26-18(28)16-8-3-13(21)10-17(16)22/h3-10H,1-2H3,(H,23,24,27)(H2,25,26,28,31). The van der Waals surface area contributed by atoms with Crippen LogP contribution < -0.4 is 15.4 Å². The molecular formula is C20H17Cl2N5O3S2. The lowest BCUT2D eigenvalue weighted by molar-refractivity contribution is 0.0978. The molecule has 0 aliphatic heterocycles. The van der Waals surface area contributed by atoms with Crippen molar-refractivity contribution in [3.63, 3.8) is 0 Å². The molecule has 0 aliphatic carbocycles. The van der Waals surface area contributed by atoms with E-state index in [0.717, 1.165) is 0 Å². The number of hydrogen-bond acceptors (Lipinski definition) is 6. The van der Waals surface area contributed by atoms with Crippen LogP contribution >= 0.6 is 35.4 Å². The van der Waals surface area contributed by atoms with E-state index in [4.69, 9.17) is 35.4 Å². The molecule has 32 heavy (non-hydrogen) atoms. The fourth-order valence-corrected chi connectivity index (χ4v) is 4.32. The summed E-state index contributed by atoms with van der Waals surface area (Å²) in [4.78, 5) is 20.5. The van der Waals surface area contributed by atoms with Crippen LogP contribution in [0.2, 0.25) is 10.0 Å². The Balaban J connectivity index is 1.65. The maximum absolute atomic E-state index is 12.6. The lowest BCUT2D eigenvalue weighted by Gasteiger charge is -2.12. The zero-order chi connectivity index (χ0) is 23.5. The van der Waals surface area contributed by atoms with E-state index in [1.54, 1.807) is 19.9 Å². The quantitative estimate of drug-likeness (QED) is 0.438. The van der Waals surface area contributed by atoms with Gasteiger partial charge in [0.1, 0.15) is 0 Å². The summed E-state index contributed by atoms with van der Waals surface area (Å²) in [6.07, 6.45) is 0. The largest absolute Gasteiger partial charge is 0.332 e. The average molecular weight is 510 g/mol. The summed E-state index contributed by atoms with van der Waals surface area (Å²) in [6.45, 7) is 3.49. The number of anilines is 2. The van der Waals surface area contributed by atoms with E-state index in [-0.39, 0.29) is 26.5 Å². The van der Waals surface area contributed by atoms with Crippen molar-refractivity contribution in [3.05, 3.63) is 75.5 Å². The molecule has 1 aromatic heterocycles. The van der Waals surface area contributed by atoms with Gasteiger partial charge in [-0.1, -0.05) is 23.2 Å². The van der Waals surface area contributed by atoms with Crippen molar-refractivity contribution < 1.29 is 13.2 Å². The average Bonchev–Trinajstić information content (AvgIpc) is 2.67. The van der Waals surface area contributed by atoms with Gasteiger partial charge < -0.3 is 5.32 Å². The molecule has 12 heteroatoms. The van der Waals surface area contributed by atoms with Crippen molar-refractivity contribution in [3.8, 4) is 0 Å². The Morgan fingerprint density at radius 3 is 2.19 bits per heavy atom. The summed E-state index contributed by atoms with van der Waals surface area (Å²) < 4.78 is 27.6. The third kappa shape index (κ3) is 6.13. The van der Waals surface area contributed by atoms with Crippen LogP contribution in [-0.2, 0) is 10.0 Å². The summed E-state index contributed by atoms with van der Waals surface area (Å²) >= 11 is 17.0. The van der Waals surface area contributed by atoms with Gasteiger partial charge in [-0.25, -0.2) is 23.1 Å². The van der Waals surface area contributed by atoms with Gasteiger partial charge in [0.2, 0.25) is 5.95 Å². The number of hydrogen-bond donors (Lipinski definition) is 3. The lowest BCUT2D eigenvalue weighted by atomic mass is 10.2. The summed E-state index contributed by atoms with van der Waals surface area (Å²) in [5.74, 6) is -0.518. The van der Waals surface area contributed by atoms with E-state index in [2.05, 4.69) is 25.3 Å². The number of aromatic nitrogens is 2. The topological polar surface area (TPSA) is 113 Å². The Labute approximate surface area is 200 Å². The Kier molecular flexibility index (Phi) is 7.29. The molecular weight excluding hydrogens is 493 g/mol. The molecule has 0 bridgehead atoms. The molecule has 8 nitrogen and oxygen atoms in total. The number of nitrogens with zero attached hydrogens (tertiary/aromatic N) is 2. The molecule has 3 rings (SSSR count). The summed E-state index contributed by atoms with van der Waals surface area (Å²) in [5.41, 5.74) is 1.97. The zero-order valence-corrected chi connectivity index (χ0v) is 20.0. The number of aryl methyl sites for hydroxylation is 2. The van der Waals surface area contributed by atoms with Gasteiger partial charge in [0, 0.05) is 22.1 Å². The van der Waals surface area contributed by atoms with E-state index in [9.17, 15) is 13.2 Å². The van der Waals surface area contributed by atoms with Crippen molar-refractivity contribution in [1.82, 2.24) is 15.3 Å². The van der Waals surface area contributed by atoms with Crippen LogP contribution in [0.5, 0.6) is 0 Å². The van der Waals surface area contributed by atoms with E-state index >= 15 is 0 Å². The number of benzene rings is 2. The molecule has 0 saturated heterocycles. The highest BCUT2D eigenvalue weighted by Gasteiger charge is 2.17. The fraction of sp³-hybridized carbons (Fsp3) is 0.100. The molecule has 0 spiro atoms. The molecule has 1 heterocycles. The highest BCUT2D eigenvalue weighted by atomic mass is 35.5. The third-order valence-corrected chi connectivity index (χ3v) is 6.13. The number of thiocarbonyl (C=S) groups is 1. The third-order valence-electron chi connectivity index (χ3n) is 4.03. The second-order valence-electron chi connectivity index (χ2n) is 6.64. The number of amides is 1. The molecule has 0 unspecified atom stereocenters. The van der Waals surface area contributed by atoms with Gasteiger partial charge in [-0.05, 0) is 74.6 Å². The Hall–Kier alpha value is -2.79. The van der Waals surface area contributed by atoms with E-state index in [0.29, 0.717) is 22.1 Å². The predicted molar refractivity (Wildman–Crippen MR) is 129 cm³/mol. The van der Waals surface area contributed by atoms with Gasteiger partial charge in [0.05, 0.1) is 15.5 Å². The maximum atomic E-state index is 12.6. The smallest absolute Gasteiger partial charge is 0.264 e. The van der Waals surface area contributed by atoms with Crippen LogP contribution in [0, 0.1) is 13.8 Å². The van der Waals surface area contributed by atoms with Crippen molar-refractivity contribution >= 4 is 68.1 Å². The van der Waals surface area contributed by atoms with Crippen molar-refractivity contribution in [2.75, 3.05) is 10.0 Å². The molecule has 3 aromatic rings. The highest BCUT2D eigenvalue weighted by Crippen LogP contribution is 2.21. The Bertz CT molecular complexity index is 1280. The number of rotatable bonds is 5. The molecule has 0 saturated carbocycles. The van der Waals surface area contributed by atoms with Crippen LogP contribution in [0.3, 0.4) is 0 Å². The minimum Gasteiger partial charge on any atom is -0.332 e. The SMILES string of the molecule is Cc1cc(C)nc(NS(=O)(=O)c2ccc(NC(=S)NC(=O)c3ccc(Cl)cc3Cl)cc2)n1. The van der Waals surface area contributed by atoms with Gasteiger partial charge in [-0.3, -0.25) is 10.1 Å². The number of carbonyl (C=O) groups excluding carboxylic acids is 1. The maximum Gasteiger partial charge on any atom is 0.264 e. The van der Waals surface area contributed by atoms with Crippen molar-refractivity contribution in [2.24, 2.45) is 0 Å². The Morgan fingerprint density at radius 2 is 1.59 bits per heavy atom. The first-order chi connectivity index (χ1) is 15.0. The first-order valence-electron chi connectivity index (χ1n) is 9.06. The molecule has 0 fully saturated rings. The van der Waals surface area contributed by atoms with Crippen LogP contribution in [0.1, 0.15) is 21.7 Å². The summed E-state index contributed by atoms with van der Waals surface area (Å²) in [6, 6.07) is 12.0. The molecule has 166 valence electrons. The highest BCUT2D eigenvalue weighted by molar-refractivity contribution is 7.92. The molecule has 2 aromatic carbocycles. The fourth-order valence-electron chi connectivity index (χ4n) is 2.67. The first-order valence-corrected chi connectivity index (χ1v) is 11.7. The van der Waals surface area contributed by atoms with Gasteiger partial charge in [0.15, 0.2) is 5.11 Å².